The van der Waals surface area contributed by atoms with Crippen LogP contribution < -0.4 is 5.32 Å². The minimum absolute atomic E-state index is 0.232. The van der Waals surface area contributed by atoms with E-state index in [1.165, 1.54) is 11.3 Å². The zero-order valence-electron chi connectivity index (χ0n) is 13.4. The Balaban J connectivity index is 2.36. The summed E-state index contributed by atoms with van der Waals surface area (Å²) in [5, 5.41) is 4.99. The second kappa shape index (κ2) is 6.34. The van der Waals surface area contributed by atoms with Gasteiger partial charge < -0.3 is 5.32 Å². The van der Waals surface area contributed by atoms with E-state index >= 15 is 0 Å². The lowest BCUT2D eigenvalue weighted by atomic mass is 10.1. The van der Waals surface area contributed by atoms with E-state index in [1.54, 1.807) is 4.31 Å². The lowest BCUT2D eigenvalue weighted by molar-refractivity contribution is 0.105. The number of rotatable bonds is 4. The van der Waals surface area contributed by atoms with Gasteiger partial charge in [-0.15, -0.1) is 11.3 Å². The van der Waals surface area contributed by atoms with Gasteiger partial charge in [0.05, 0.1) is 0 Å². The molecule has 21 heavy (non-hydrogen) atoms. The van der Waals surface area contributed by atoms with Gasteiger partial charge in [-0.05, 0) is 45.8 Å². The number of nitrogens with one attached hydrogen (secondary N) is 1. The fourth-order valence-corrected chi connectivity index (χ4v) is 6.17. The summed E-state index contributed by atoms with van der Waals surface area (Å²) < 4.78 is 27.7. The molecule has 1 aliphatic heterocycles. The van der Waals surface area contributed by atoms with Crippen molar-refractivity contribution in [3.05, 3.63) is 15.8 Å². The fraction of sp³-hybridized carbons (Fsp3) is 0.714. The zero-order valence-corrected chi connectivity index (χ0v) is 15.0. The summed E-state index contributed by atoms with van der Waals surface area (Å²) in [5.74, 6) is 0. The van der Waals surface area contributed by atoms with Gasteiger partial charge in [-0.25, -0.2) is 8.42 Å². The van der Waals surface area contributed by atoms with Crippen molar-refractivity contribution < 1.29 is 8.42 Å². The third-order valence-electron chi connectivity index (χ3n) is 4.25. The van der Waals surface area contributed by atoms with Crippen molar-refractivity contribution in [1.29, 1.82) is 0 Å². The molecule has 1 aromatic rings. The first-order chi connectivity index (χ1) is 9.78. The van der Waals surface area contributed by atoms with Crippen LogP contribution >= 0.6 is 11.3 Å². The largest absolute Gasteiger partial charge is 0.315 e. The Morgan fingerprint density at radius 1 is 1.33 bits per heavy atom. The van der Waals surface area contributed by atoms with Gasteiger partial charge in [-0.3, -0.25) is 4.90 Å². The van der Waals surface area contributed by atoms with Gasteiger partial charge in [0.25, 0.3) is 0 Å². The fourth-order valence-electron chi connectivity index (χ4n) is 2.80. The Hall–Kier alpha value is -0.470. The third kappa shape index (κ3) is 3.17. The maximum absolute atomic E-state index is 13.0. The molecular formula is C14H25N3O2S2. The second-order valence-corrected chi connectivity index (χ2v) is 8.73. The monoisotopic (exact) mass is 331 g/mol. The molecule has 2 heterocycles. The average Bonchev–Trinajstić information content (AvgIpc) is 2.77. The second-order valence-electron chi connectivity index (χ2n) is 5.89. The summed E-state index contributed by atoms with van der Waals surface area (Å²) in [4.78, 5) is 3.64. The van der Waals surface area contributed by atoms with Crippen molar-refractivity contribution in [1.82, 2.24) is 14.5 Å². The van der Waals surface area contributed by atoms with Crippen LogP contribution in [0.1, 0.15) is 24.3 Å². The standard InChI is InChI=1S/C14H25N3O2S2/c1-10-9-20-13(6-15-4)14(10)21(18,19)17-7-11(2)16(5)12(3)8-17/h9,11-12,15H,6-8H2,1-5H3. The highest BCUT2D eigenvalue weighted by Crippen LogP contribution is 2.31. The molecule has 1 fully saturated rings. The van der Waals surface area contributed by atoms with Gasteiger partial charge in [0.2, 0.25) is 10.0 Å². The number of piperazine rings is 1. The van der Waals surface area contributed by atoms with Gasteiger partial charge in [0, 0.05) is 36.6 Å². The molecule has 5 nitrogen and oxygen atoms in total. The summed E-state index contributed by atoms with van der Waals surface area (Å²) in [6.45, 7) is 7.73. The molecule has 1 aliphatic rings. The smallest absolute Gasteiger partial charge is 0.244 e. The molecule has 1 N–H and O–H groups in total. The van der Waals surface area contributed by atoms with Crippen LogP contribution in [0.25, 0.3) is 0 Å². The molecule has 2 rings (SSSR count). The molecule has 0 bridgehead atoms. The first-order valence-corrected chi connectivity index (χ1v) is 9.54. The van der Waals surface area contributed by atoms with E-state index in [-0.39, 0.29) is 12.1 Å². The Morgan fingerprint density at radius 2 is 1.90 bits per heavy atom. The first kappa shape index (κ1) is 16.9. The number of nitrogens with zero attached hydrogens (tertiary/aromatic N) is 2. The van der Waals surface area contributed by atoms with Gasteiger partial charge >= 0.3 is 0 Å². The van der Waals surface area contributed by atoms with E-state index in [4.69, 9.17) is 0 Å². The molecular weight excluding hydrogens is 306 g/mol. The predicted molar refractivity (Wildman–Crippen MR) is 87.3 cm³/mol. The van der Waals surface area contributed by atoms with Crippen LogP contribution in [0.4, 0.5) is 0 Å². The first-order valence-electron chi connectivity index (χ1n) is 7.22. The topological polar surface area (TPSA) is 52.7 Å². The number of sulfonamides is 1. The van der Waals surface area contributed by atoms with Crippen LogP contribution in [0.2, 0.25) is 0 Å². The van der Waals surface area contributed by atoms with E-state index < -0.39 is 10.0 Å². The van der Waals surface area contributed by atoms with Crippen LogP contribution in [0.15, 0.2) is 10.3 Å². The van der Waals surface area contributed by atoms with E-state index in [1.807, 2.05) is 19.4 Å². The third-order valence-corrected chi connectivity index (χ3v) is 7.55. The van der Waals surface area contributed by atoms with Gasteiger partial charge in [0.1, 0.15) is 4.90 Å². The zero-order chi connectivity index (χ0) is 15.8. The van der Waals surface area contributed by atoms with Crippen LogP contribution in [0.3, 0.4) is 0 Å². The lowest BCUT2D eigenvalue weighted by Gasteiger charge is -2.41. The Bertz CT molecular complexity index is 585. The quantitative estimate of drug-likeness (QED) is 0.908. The maximum Gasteiger partial charge on any atom is 0.244 e. The molecule has 2 unspecified atom stereocenters. The van der Waals surface area contributed by atoms with Crippen LogP contribution in [-0.4, -0.2) is 56.9 Å². The normalized spacial score (nSPS) is 25.4. The molecule has 1 aromatic heterocycles. The molecule has 0 radical (unpaired) electrons. The summed E-state index contributed by atoms with van der Waals surface area (Å²) >= 11 is 1.52. The number of aryl methyl sites for hydroxylation is 1. The average molecular weight is 332 g/mol. The predicted octanol–water partition coefficient (Wildman–Crippen LogP) is 1.49. The molecule has 0 aliphatic carbocycles. The Labute approximate surface area is 132 Å². The molecule has 0 aromatic carbocycles. The number of hydrogen-bond acceptors (Lipinski definition) is 5. The van der Waals surface area contributed by atoms with Gasteiger partial charge in [-0.1, -0.05) is 0 Å². The van der Waals surface area contributed by atoms with Crippen LogP contribution in [0, 0.1) is 6.92 Å². The lowest BCUT2D eigenvalue weighted by Crippen LogP contribution is -2.56. The molecule has 120 valence electrons. The summed E-state index contributed by atoms with van der Waals surface area (Å²) in [7, 11) is 0.481. The van der Waals surface area contributed by atoms with E-state index in [0.29, 0.717) is 24.5 Å². The van der Waals surface area contributed by atoms with Gasteiger partial charge in [0.15, 0.2) is 0 Å². The van der Waals surface area contributed by atoms with Gasteiger partial charge in [-0.2, -0.15) is 4.31 Å². The van der Waals surface area contributed by atoms with Crippen molar-refractivity contribution in [3.8, 4) is 0 Å². The molecule has 2 atom stereocenters. The highest BCUT2D eigenvalue weighted by molar-refractivity contribution is 7.89. The van der Waals surface area contributed by atoms with E-state index in [0.717, 1.165) is 10.4 Å². The SMILES string of the molecule is CNCc1scc(C)c1S(=O)(=O)N1CC(C)N(C)C(C)C1. The molecule has 1 saturated heterocycles. The van der Waals surface area contributed by atoms with Crippen LogP contribution in [0.5, 0.6) is 0 Å². The van der Waals surface area contributed by atoms with Crippen molar-refractivity contribution >= 4 is 21.4 Å². The summed E-state index contributed by atoms with van der Waals surface area (Å²) in [5.41, 5.74) is 0.851. The number of thiophene rings is 1. The minimum atomic E-state index is -3.41. The summed E-state index contributed by atoms with van der Waals surface area (Å²) in [6, 6.07) is 0.463. The van der Waals surface area contributed by atoms with Crippen molar-refractivity contribution in [2.75, 3.05) is 27.2 Å². The van der Waals surface area contributed by atoms with E-state index in [2.05, 4.69) is 31.1 Å². The highest BCUT2D eigenvalue weighted by atomic mass is 32.2. The number of hydrogen-bond donors (Lipinski definition) is 1. The van der Waals surface area contributed by atoms with Crippen molar-refractivity contribution in [2.45, 2.75) is 44.3 Å². The summed E-state index contributed by atoms with van der Waals surface area (Å²) in [6.07, 6.45) is 0. The van der Waals surface area contributed by atoms with E-state index in [9.17, 15) is 8.42 Å². The van der Waals surface area contributed by atoms with Crippen molar-refractivity contribution in [3.63, 3.8) is 0 Å². The maximum atomic E-state index is 13.0. The molecule has 7 heteroatoms. The number of likely N-dealkylation sites (N-methyl/N-ethyl adjacent to an activating group) is 1. The molecule has 0 saturated carbocycles. The molecule has 0 spiro atoms. The highest BCUT2D eigenvalue weighted by Gasteiger charge is 2.36. The van der Waals surface area contributed by atoms with Crippen molar-refractivity contribution in [2.24, 2.45) is 0 Å². The minimum Gasteiger partial charge on any atom is -0.315 e. The molecule has 0 amide bonds. The van der Waals surface area contributed by atoms with Crippen LogP contribution in [-0.2, 0) is 16.6 Å². The Morgan fingerprint density at radius 3 is 2.43 bits per heavy atom. The Kier molecular flexibility index (Phi) is 5.10.